The molecule has 0 aliphatic carbocycles. The molecule has 3 rings (SSSR count). The largest absolute Gasteiger partial charge is 0.371 e. The average molecular weight is 263 g/mol. The topological polar surface area (TPSA) is 25.0 Å². The van der Waals surface area contributed by atoms with Gasteiger partial charge in [-0.3, -0.25) is 0 Å². The van der Waals surface area contributed by atoms with Gasteiger partial charge < -0.3 is 9.72 Å². The number of nitrogens with one attached hydrogen (secondary N) is 1. The van der Waals surface area contributed by atoms with E-state index in [2.05, 4.69) is 41.4 Å². The first-order chi connectivity index (χ1) is 9.92. The third-order valence-corrected chi connectivity index (χ3v) is 3.17. The van der Waals surface area contributed by atoms with Gasteiger partial charge in [-0.1, -0.05) is 60.7 Å². The second-order valence-electron chi connectivity index (χ2n) is 4.71. The highest BCUT2D eigenvalue weighted by Crippen LogP contribution is 2.15. The number of aromatic nitrogens is 1. The molecule has 0 spiro atoms. The van der Waals surface area contributed by atoms with E-state index in [1.807, 2.05) is 36.4 Å². The summed E-state index contributed by atoms with van der Waals surface area (Å²) in [6.07, 6.45) is 4.11. The number of aromatic amines is 1. The maximum absolute atomic E-state index is 5.65. The van der Waals surface area contributed by atoms with E-state index in [4.69, 9.17) is 4.74 Å². The van der Waals surface area contributed by atoms with Crippen molar-refractivity contribution in [3.05, 3.63) is 78.0 Å². The first kappa shape index (κ1) is 12.7. The first-order valence-electron chi connectivity index (χ1n) is 6.78. The molecule has 1 aromatic heterocycles. The van der Waals surface area contributed by atoms with E-state index in [0.717, 1.165) is 11.2 Å². The molecule has 0 aliphatic rings. The van der Waals surface area contributed by atoms with E-state index < -0.39 is 0 Å². The van der Waals surface area contributed by atoms with Crippen molar-refractivity contribution in [1.29, 1.82) is 0 Å². The second kappa shape index (κ2) is 6.22. The zero-order chi connectivity index (χ0) is 13.6. The normalized spacial score (nSPS) is 11.4. The number of H-pyrrole nitrogens is 1. The molecule has 0 bridgehead atoms. The summed E-state index contributed by atoms with van der Waals surface area (Å²) in [5.74, 6) is 0. The molecule has 0 saturated heterocycles. The molecule has 0 atom stereocenters. The molecule has 1 N–H and O–H groups in total. The van der Waals surface area contributed by atoms with Gasteiger partial charge in [-0.2, -0.15) is 0 Å². The maximum atomic E-state index is 5.65. The molecule has 2 nitrogen and oxygen atoms in total. The number of fused-ring (bicyclic) bond motifs is 1. The molecule has 20 heavy (non-hydrogen) atoms. The molecule has 3 aromatic rings. The van der Waals surface area contributed by atoms with E-state index in [-0.39, 0.29) is 0 Å². The van der Waals surface area contributed by atoms with Crippen LogP contribution in [-0.2, 0) is 11.3 Å². The number of hydrogen-bond acceptors (Lipinski definition) is 1. The van der Waals surface area contributed by atoms with Crippen LogP contribution in [0.5, 0.6) is 0 Å². The molecule has 1 heterocycles. The molecule has 2 heteroatoms. The van der Waals surface area contributed by atoms with Crippen LogP contribution in [0, 0.1) is 0 Å². The summed E-state index contributed by atoms with van der Waals surface area (Å²) in [6.45, 7) is 1.22. The Bertz CT molecular complexity index is 665. The lowest BCUT2D eigenvalue weighted by molar-refractivity contribution is 0.146. The van der Waals surface area contributed by atoms with Crippen molar-refractivity contribution >= 4 is 17.0 Å². The molecule has 0 radical (unpaired) electrons. The van der Waals surface area contributed by atoms with Gasteiger partial charge in [0.15, 0.2) is 0 Å². The third-order valence-electron chi connectivity index (χ3n) is 3.17. The van der Waals surface area contributed by atoms with Crippen LogP contribution in [0.25, 0.3) is 17.0 Å². The number of benzene rings is 2. The van der Waals surface area contributed by atoms with Gasteiger partial charge in [0.05, 0.1) is 13.2 Å². The minimum atomic E-state index is 0.605. The lowest BCUT2D eigenvalue weighted by Gasteiger charge is -1.98. The Labute approximate surface area is 118 Å². The van der Waals surface area contributed by atoms with Crippen LogP contribution < -0.4 is 0 Å². The number of ether oxygens (including phenoxy) is 1. The van der Waals surface area contributed by atoms with E-state index in [0.29, 0.717) is 13.2 Å². The quantitative estimate of drug-likeness (QED) is 0.678. The van der Waals surface area contributed by atoms with Crippen LogP contribution in [0.15, 0.2) is 66.7 Å². The molecule has 0 unspecified atom stereocenters. The van der Waals surface area contributed by atoms with Crippen LogP contribution in [-0.4, -0.2) is 11.6 Å². The van der Waals surface area contributed by atoms with Crippen molar-refractivity contribution in [2.24, 2.45) is 0 Å². The second-order valence-corrected chi connectivity index (χ2v) is 4.71. The fraction of sp³-hybridized carbons (Fsp3) is 0.111. The van der Waals surface area contributed by atoms with Crippen LogP contribution in [0.1, 0.15) is 11.3 Å². The van der Waals surface area contributed by atoms with E-state index in [1.54, 1.807) is 0 Å². The van der Waals surface area contributed by atoms with Crippen molar-refractivity contribution in [3.8, 4) is 0 Å². The highest BCUT2D eigenvalue weighted by Gasteiger charge is 1.98. The smallest absolute Gasteiger partial charge is 0.0870 e. The Morgan fingerprint density at radius 3 is 2.60 bits per heavy atom. The Kier molecular flexibility index (Phi) is 3.95. The summed E-state index contributed by atoms with van der Waals surface area (Å²) < 4.78 is 5.65. The fourth-order valence-corrected chi connectivity index (χ4v) is 2.20. The van der Waals surface area contributed by atoms with Crippen molar-refractivity contribution in [2.45, 2.75) is 6.61 Å². The van der Waals surface area contributed by atoms with Gasteiger partial charge >= 0.3 is 0 Å². The molecule has 0 amide bonds. The number of hydrogen-bond donors (Lipinski definition) is 1. The van der Waals surface area contributed by atoms with Crippen LogP contribution >= 0.6 is 0 Å². The van der Waals surface area contributed by atoms with Gasteiger partial charge in [-0.05, 0) is 23.1 Å². The summed E-state index contributed by atoms with van der Waals surface area (Å²) >= 11 is 0. The summed E-state index contributed by atoms with van der Waals surface area (Å²) in [5, 5.41) is 1.23. The Morgan fingerprint density at radius 2 is 1.75 bits per heavy atom. The Morgan fingerprint density at radius 1 is 0.950 bits per heavy atom. The highest BCUT2D eigenvalue weighted by molar-refractivity contribution is 5.80. The number of para-hydroxylation sites is 1. The lowest BCUT2D eigenvalue weighted by atomic mass is 10.2. The van der Waals surface area contributed by atoms with Gasteiger partial charge in [0.1, 0.15) is 0 Å². The highest BCUT2D eigenvalue weighted by atomic mass is 16.5. The van der Waals surface area contributed by atoms with Crippen LogP contribution in [0.2, 0.25) is 0 Å². The van der Waals surface area contributed by atoms with Crippen molar-refractivity contribution in [3.63, 3.8) is 0 Å². The minimum absolute atomic E-state index is 0.605. The van der Waals surface area contributed by atoms with E-state index in [1.165, 1.54) is 10.9 Å². The molecular formula is C18H17NO. The summed E-state index contributed by atoms with van der Waals surface area (Å²) in [7, 11) is 0. The van der Waals surface area contributed by atoms with Crippen LogP contribution in [0.4, 0.5) is 0 Å². The summed E-state index contributed by atoms with van der Waals surface area (Å²) in [6, 6.07) is 20.6. The van der Waals surface area contributed by atoms with Crippen molar-refractivity contribution in [2.75, 3.05) is 6.61 Å². The summed E-state index contributed by atoms with van der Waals surface area (Å²) in [5.41, 5.74) is 3.46. The lowest BCUT2D eigenvalue weighted by Crippen LogP contribution is -1.92. The van der Waals surface area contributed by atoms with Crippen molar-refractivity contribution in [1.82, 2.24) is 4.98 Å². The zero-order valence-electron chi connectivity index (χ0n) is 11.3. The number of rotatable bonds is 5. The van der Waals surface area contributed by atoms with E-state index in [9.17, 15) is 0 Å². The molecular weight excluding hydrogens is 246 g/mol. The minimum Gasteiger partial charge on any atom is -0.371 e. The predicted molar refractivity (Wildman–Crippen MR) is 83.4 cm³/mol. The maximum Gasteiger partial charge on any atom is 0.0870 e. The van der Waals surface area contributed by atoms with Gasteiger partial charge in [0, 0.05) is 11.2 Å². The monoisotopic (exact) mass is 263 g/mol. The Balaban J connectivity index is 1.51. The van der Waals surface area contributed by atoms with E-state index >= 15 is 0 Å². The standard InChI is InChI=1S/C18H17NO/c1-2-7-15(8-3-1)9-6-12-20-14-17-13-16-10-4-5-11-18(16)19-17/h1-11,13,19H,12,14H2/b9-6+. The molecule has 0 saturated carbocycles. The van der Waals surface area contributed by atoms with Crippen molar-refractivity contribution < 1.29 is 4.74 Å². The molecule has 0 aliphatic heterocycles. The van der Waals surface area contributed by atoms with Gasteiger partial charge in [-0.25, -0.2) is 0 Å². The SMILES string of the molecule is C(=C\c1ccccc1)/COCc1cc2ccccc2[nH]1. The van der Waals surface area contributed by atoms with Gasteiger partial charge in [0.25, 0.3) is 0 Å². The average Bonchev–Trinajstić information content (AvgIpc) is 2.90. The van der Waals surface area contributed by atoms with Crippen LogP contribution in [0.3, 0.4) is 0 Å². The predicted octanol–water partition coefficient (Wildman–Crippen LogP) is 4.40. The third kappa shape index (κ3) is 3.16. The summed E-state index contributed by atoms with van der Waals surface area (Å²) in [4.78, 5) is 3.36. The molecule has 2 aromatic carbocycles. The molecule has 100 valence electrons. The first-order valence-corrected chi connectivity index (χ1v) is 6.78. The fourth-order valence-electron chi connectivity index (χ4n) is 2.20. The zero-order valence-corrected chi connectivity index (χ0v) is 11.3. The Hall–Kier alpha value is -2.32. The van der Waals surface area contributed by atoms with Gasteiger partial charge in [0.2, 0.25) is 0 Å². The van der Waals surface area contributed by atoms with Gasteiger partial charge in [-0.15, -0.1) is 0 Å². The molecule has 0 fully saturated rings.